The van der Waals surface area contributed by atoms with Crippen molar-refractivity contribution < 1.29 is 33.0 Å². The fraction of sp³-hybridized carbons (Fsp3) is 0.250. The van der Waals surface area contributed by atoms with E-state index in [-0.39, 0.29) is 11.1 Å². The van der Waals surface area contributed by atoms with Gasteiger partial charge in [0.15, 0.2) is 16.3 Å². The molecule has 222 valence electrons. The number of ether oxygens (including phenoxy) is 4. The summed E-state index contributed by atoms with van der Waals surface area (Å²) in [6.07, 6.45) is 3.07. The number of fused-ring (bicyclic) bond motifs is 1. The van der Waals surface area contributed by atoms with Crippen molar-refractivity contribution >= 4 is 29.4 Å². The van der Waals surface area contributed by atoms with E-state index in [1.54, 1.807) is 48.5 Å². The van der Waals surface area contributed by atoms with E-state index in [2.05, 4.69) is 4.99 Å². The van der Waals surface area contributed by atoms with E-state index in [4.69, 9.17) is 23.4 Å². The highest BCUT2D eigenvalue weighted by atomic mass is 32.1. The van der Waals surface area contributed by atoms with Crippen LogP contribution in [0.3, 0.4) is 0 Å². The molecule has 0 N–H and O–H groups in total. The van der Waals surface area contributed by atoms with Gasteiger partial charge < -0.3 is 23.4 Å². The first-order valence-corrected chi connectivity index (χ1v) is 14.4. The fourth-order valence-corrected chi connectivity index (χ4v) is 5.87. The van der Waals surface area contributed by atoms with Crippen LogP contribution in [0.5, 0.6) is 11.5 Å². The van der Waals surface area contributed by atoms with Crippen LogP contribution in [0.2, 0.25) is 0 Å². The summed E-state index contributed by atoms with van der Waals surface area (Å²) < 4.78 is 29.3. The highest BCUT2D eigenvalue weighted by Gasteiger charge is 2.31. The van der Waals surface area contributed by atoms with Gasteiger partial charge in [0.05, 0.1) is 49.1 Å². The molecule has 5 rings (SSSR count). The lowest BCUT2D eigenvalue weighted by Gasteiger charge is -2.23. The summed E-state index contributed by atoms with van der Waals surface area (Å²) >= 11 is 1.17. The molecule has 0 bridgehead atoms. The van der Waals surface area contributed by atoms with Crippen molar-refractivity contribution in [3.63, 3.8) is 0 Å². The van der Waals surface area contributed by atoms with Gasteiger partial charge in [0.25, 0.3) is 5.56 Å². The van der Waals surface area contributed by atoms with Crippen LogP contribution in [0.1, 0.15) is 47.1 Å². The maximum absolute atomic E-state index is 13.9. The molecule has 1 aliphatic rings. The van der Waals surface area contributed by atoms with Crippen molar-refractivity contribution in [1.29, 1.82) is 0 Å². The Morgan fingerprint density at radius 2 is 1.74 bits per heavy atom. The Kier molecular flexibility index (Phi) is 8.63. The van der Waals surface area contributed by atoms with Gasteiger partial charge in [-0.2, -0.15) is 0 Å². The summed E-state index contributed by atoms with van der Waals surface area (Å²) in [5.74, 6) is 0.992. The van der Waals surface area contributed by atoms with Crippen LogP contribution < -0.4 is 24.4 Å². The molecule has 0 amide bonds. The minimum Gasteiger partial charge on any atom is -0.490 e. The second-order valence-electron chi connectivity index (χ2n) is 9.42. The number of nitrogens with zero attached hydrogens (tertiary/aromatic N) is 2. The molecule has 4 aromatic rings. The molecular formula is C32H30N2O8S. The third kappa shape index (κ3) is 5.63. The first kappa shape index (κ1) is 29.6. The summed E-state index contributed by atoms with van der Waals surface area (Å²) in [5.41, 5.74) is 2.37. The maximum Gasteiger partial charge on any atom is 0.338 e. The van der Waals surface area contributed by atoms with Crippen LogP contribution in [0.4, 0.5) is 0 Å². The molecule has 0 saturated heterocycles. The first-order chi connectivity index (χ1) is 20.8. The highest BCUT2D eigenvalue weighted by Crippen LogP contribution is 2.35. The van der Waals surface area contributed by atoms with E-state index in [0.29, 0.717) is 62.3 Å². The van der Waals surface area contributed by atoms with Crippen LogP contribution in [0.25, 0.3) is 17.4 Å². The average molecular weight is 603 g/mol. The molecule has 10 nitrogen and oxygen atoms in total. The van der Waals surface area contributed by atoms with Crippen molar-refractivity contribution in [3.8, 4) is 22.8 Å². The van der Waals surface area contributed by atoms with Crippen molar-refractivity contribution in [2.24, 2.45) is 4.99 Å². The van der Waals surface area contributed by atoms with E-state index in [1.165, 1.54) is 36.3 Å². The number of hydrogen-bond donors (Lipinski definition) is 0. The lowest BCUT2D eigenvalue weighted by atomic mass is 9.97. The molecule has 43 heavy (non-hydrogen) atoms. The monoisotopic (exact) mass is 602 g/mol. The van der Waals surface area contributed by atoms with Gasteiger partial charge in [0.1, 0.15) is 11.5 Å². The Hall–Kier alpha value is -4.90. The lowest BCUT2D eigenvalue weighted by Crippen LogP contribution is -2.39. The number of benzene rings is 2. The molecule has 3 heterocycles. The first-order valence-electron chi connectivity index (χ1n) is 13.6. The van der Waals surface area contributed by atoms with E-state index >= 15 is 0 Å². The van der Waals surface area contributed by atoms with Crippen LogP contribution in [0, 0.1) is 6.92 Å². The maximum atomic E-state index is 13.9. The van der Waals surface area contributed by atoms with E-state index < -0.39 is 18.0 Å². The van der Waals surface area contributed by atoms with Crippen molar-refractivity contribution in [2.75, 3.05) is 27.4 Å². The SMILES string of the molecule is CCOc1ccc([C@H]2C(C(=O)OC)=CN=c3s/c(=C\c4ccc(-c5cccc(C(=O)OC)c5C)o4)c(=O)n32)cc1OCC. The van der Waals surface area contributed by atoms with E-state index in [9.17, 15) is 14.4 Å². The van der Waals surface area contributed by atoms with E-state index in [1.807, 2.05) is 26.8 Å². The number of furan rings is 1. The van der Waals surface area contributed by atoms with Crippen LogP contribution in [0.15, 0.2) is 74.5 Å². The van der Waals surface area contributed by atoms with Crippen LogP contribution in [-0.2, 0) is 14.3 Å². The normalized spacial score (nSPS) is 14.4. The van der Waals surface area contributed by atoms with Crippen molar-refractivity contribution in [2.45, 2.75) is 26.8 Å². The van der Waals surface area contributed by atoms with Gasteiger partial charge in [-0.25, -0.2) is 14.6 Å². The molecule has 0 saturated carbocycles. The van der Waals surface area contributed by atoms with Gasteiger partial charge in [-0.3, -0.25) is 9.36 Å². The summed E-state index contributed by atoms with van der Waals surface area (Å²) in [5, 5.41) is 0. The average Bonchev–Trinajstić information content (AvgIpc) is 3.61. The lowest BCUT2D eigenvalue weighted by molar-refractivity contribution is -0.136. The topological polar surface area (TPSA) is 119 Å². The number of esters is 2. The van der Waals surface area contributed by atoms with Gasteiger partial charge >= 0.3 is 11.9 Å². The summed E-state index contributed by atoms with van der Waals surface area (Å²) in [6.45, 7) is 6.42. The predicted molar refractivity (Wildman–Crippen MR) is 160 cm³/mol. The molecule has 2 aromatic heterocycles. The molecule has 0 fully saturated rings. The highest BCUT2D eigenvalue weighted by molar-refractivity contribution is 7.07. The molecule has 0 unspecified atom stereocenters. The van der Waals surface area contributed by atoms with E-state index in [0.717, 1.165) is 5.56 Å². The molecular weight excluding hydrogens is 572 g/mol. The van der Waals surface area contributed by atoms with Crippen LogP contribution in [-0.4, -0.2) is 43.9 Å². The number of carbonyl (C=O) groups is 2. The van der Waals surface area contributed by atoms with Gasteiger partial charge in [0.2, 0.25) is 0 Å². The number of aromatic nitrogens is 1. The Morgan fingerprint density at radius 1 is 1.00 bits per heavy atom. The Bertz CT molecular complexity index is 1910. The summed E-state index contributed by atoms with van der Waals surface area (Å²) in [6, 6.07) is 13.3. The molecule has 0 spiro atoms. The Balaban J connectivity index is 1.59. The smallest absolute Gasteiger partial charge is 0.338 e. The van der Waals surface area contributed by atoms with Gasteiger partial charge in [-0.1, -0.05) is 29.5 Å². The molecule has 0 aliphatic carbocycles. The zero-order valence-electron chi connectivity index (χ0n) is 24.3. The minimum atomic E-state index is -0.809. The third-order valence-electron chi connectivity index (χ3n) is 6.91. The number of thiazole rings is 1. The molecule has 11 heteroatoms. The Morgan fingerprint density at radius 3 is 2.47 bits per heavy atom. The van der Waals surface area contributed by atoms with Gasteiger partial charge in [0, 0.05) is 17.8 Å². The minimum absolute atomic E-state index is 0.203. The quantitative estimate of drug-likeness (QED) is 0.262. The van der Waals surface area contributed by atoms with Gasteiger partial charge in [-0.05, 0) is 62.2 Å². The van der Waals surface area contributed by atoms with Crippen LogP contribution >= 0.6 is 11.3 Å². The standard InChI is InChI=1S/C32H30N2O8S/c1-6-40-25-13-11-19(15-26(25)41-7-2)28-23(31(37)39-5)17-33-32-34(28)29(35)27(43-32)16-20-12-14-24(42-20)21-9-8-10-22(18(21)3)30(36)38-4/h8-17,28H,6-7H2,1-5H3/b27-16-/t28-/m0/s1. The molecule has 2 aromatic carbocycles. The number of carbonyl (C=O) groups excluding carboxylic acids is 2. The molecule has 1 aliphatic heterocycles. The largest absolute Gasteiger partial charge is 0.490 e. The Labute approximate surface area is 251 Å². The number of hydrogen-bond acceptors (Lipinski definition) is 10. The van der Waals surface area contributed by atoms with Crippen molar-refractivity contribution in [3.05, 3.63) is 102 Å². The predicted octanol–water partition coefficient (Wildman–Crippen LogP) is 4.17. The molecule has 1 atom stereocenters. The molecule has 0 radical (unpaired) electrons. The fourth-order valence-electron chi connectivity index (χ4n) is 4.93. The van der Waals surface area contributed by atoms with Gasteiger partial charge in [-0.15, -0.1) is 0 Å². The third-order valence-corrected chi connectivity index (χ3v) is 7.91. The number of methoxy groups -OCH3 is 2. The summed E-state index contributed by atoms with van der Waals surface area (Å²) in [4.78, 5) is 43.7. The van der Waals surface area contributed by atoms with Crippen molar-refractivity contribution in [1.82, 2.24) is 4.57 Å². The zero-order chi connectivity index (χ0) is 30.7. The second-order valence-corrected chi connectivity index (χ2v) is 10.4. The number of rotatable bonds is 9. The summed E-state index contributed by atoms with van der Waals surface area (Å²) in [7, 11) is 2.62. The zero-order valence-corrected chi connectivity index (χ0v) is 25.2. The second kappa shape index (κ2) is 12.5.